The van der Waals surface area contributed by atoms with Crippen LogP contribution in [0.4, 0.5) is 0 Å². The minimum atomic E-state index is 0.197. The zero-order valence-corrected chi connectivity index (χ0v) is 15.5. The second-order valence-electron chi connectivity index (χ2n) is 4.43. The Morgan fingerprint density at radius 1 is 1.10 bits per heavy atom. The molecule has 0 aromatic heterocycles. The van der Waals surface area contributed by atoms with E-state index in [1.165, 1.54) is 16.0 Å². The molecule has 0 radical (unpaired) electrons. The second kappa shape index (κ2) is 7.64. The molecule has 2 aromatic rings. The third kappa shape index (κ3) is 3.88. The molecule has 0 bridgehead atoms. The largest absolute Gasteiger partial charge is 0.306 e. The third-order valence-electron chi connectivity index (χ3n) is 3.13. The number of halogens is 2. The van der Waals surface area contributed by atoms with Crippen LogP contribution in [0.1, 0.15) is 24.1 Å². The summed E-state index contributed by atoms with van der Waals surface area (Å²) in [6, 6.07) is 15.3. The summed E-state index contributed by atoms with van der Waals surface area (Å²) in [7, 11) is 0. The van der Waals surface area contributed by atoms with E-state index in [2.05, 4.69) is 86.8 Å². The van der Waals surface area contributed by atoms with Gasteiger partial charge in [0.15, 0.2) is 0 Å². The highest BCUT2D eigenvalue weighted by atomic mass is 79.9. The zero-order valence-electron chi connectivity index (χ0n) is 11.5. The van der Waals surface area contributed by atoms with Gasteiger partial charge in [0.2, 0.25) is 0 Å². The van der Waals surface area contributed by atoms with Gasteiger partial charge in [-0.25, -0.2) is 0 Å². The molecule has 4 heteroatoms. The fourth-order valence-electron chi connectivity index (χ4n) is 2.14. The molecule has 0 aliphatic carbocycles. The summed E-state index contributed by atoms with van der Waals surface area (Å²) in [5.41, 5.74) is 2.53. The van der Waals surface area contributed by atoms with Gasteiger partial charge in [0, 0.05) is 13.8 Å². The highest BCUT2D eigenvalue weighted by molar-refractivity contribution is 9.11. The van der Waals surface area contributed by atoms with Crippen molar-refractivity contribution in [1.82, 2.24) is 5.32 Å². The molecule has 0 heterocycles. The first-order chi connectivity index (χ1) is 9.65. The van der Waals surface area contributed by atoms with Gasteiger partial charge in [-0.1, -0.05) is 50.9 Å². The monoisotopic (exact) mass is 413 g/mol. The van der Waals surface area contributed by atoms with Crippen LogP contribution in [0.25, 0.3) is 0 Å². The molecule has 0 aliphatic heterocycles. The molecular weight excluding hydrogens is 398 g/mol. The van der Waals surface area contributed by atoms with Crippen molar-refractivity contribution in [2.24, 2.45) is 0 Å². The predicted octanol–water partition coefficient (Wildman–Crippen LogP) is 5.63. The van der Waals surface area contributed by atoms with E-state index in [4.69, 9.17) is 0 Å². The zero-order chi connectivity index (χ0) is 14.5. The van der Waals surface area contributed by atoms with Crippen LogP contribution in [0, 0.1) is 0 Å². The average Bonchev–Trinajstić information content (AvgIpc) is 2.48. The molecule has 0 fully saturated rings. The van der Waals surface area contributed by atoms with Crippen LogP contribution in [0.2, 0.25) is 0 Å². The first kappa shape index (κ1) is 16.1. The van der Waals surface area contributed by atoms with Crippen LogP contribution in [-0.2, 0) is 0 Å². The minimum absolute atomic E-state index is 0.197. The van der Waals surface area contributed by atoms with E-state index in [1.54, 1.807) is 11.8 Å². The molecule has 1 atom stereocenters. The highest BCUT2D eigenvalue weighted by Crippen LogP contribution is 2.31. The minimum Gasteiger partial charge on any atom is -0.306 e. The fraction of sp³-hybridized carbons (Fsp3) is 0.250. The van der Waals surface area contributed by atoms with E-state index in [0.29, 0.717) is 0 Å². The lowest BCUT2D eigenvalue weighted by atomic mass is 9.99. The SMILES string of the molecule is CCNC(c1ccc(SC)cc1)c1cc(Br)ccc1Br. The topological polar surface area (TPSA) is 12.0 Å². The Labute approximate surface area is 141 Å². The van der Waals surface area contributed by atoms with Gasteiger partial charge in [-0.2, -0.15) is 0 Å². The Bertz CT molecular complexity index is 569. The molecule has 1 nitrogen and oxygen atoms in total. The van der Waals surface area contributed by atoms with Gasteiger partial charge in [0.1, 0.15) is 0 Å². The maximum Gasteiger partial charge on any atom is 0.0588 e. The molecule has 0 amide bonds. The van der Waals surface area contributed by atoms with Crippen molar-refractivity contribution in [3.63, 3.8) is 0 Å². The Kier molecular flexibility index (Phi) is 6.15. The maximum atomic E-state index is 3.66. The quantitative estimate of drug-likeness (QED) is 0.636. The first-order valence-corrected chi connectivity index (χ1v) is 9.29. The van der Waals surface area contributed by atoms with Gasteiger partial charge in [0.05, 0.1) is 6.04 Å². The normalized spacial score (nSPS) is 12.4. The van der Waals surface area contributed by atoms with Gasteiger partial charge in [-0.3, -0.25) is 0 Å². The van der Waals surface area contributed by atoms with Crippen LogP contribution in [0.5, 0.6) is 0 Å². The van der Waals surface area contributed by atoms with Crippen molar-refractivity contribution < 1.29 is 0 Å². The second-order valence-corrected chi connectivity index (χ2v) is 7.08. The number of hydrogen-bond acceptors (Lipinski definition) is 2. The summed E-state index contributed by atoms with van der Waals surface area (Å²) in [4.78, 5) is 1.29. The number of rotatable bonds is 5. The van der Waals surface area contributed by atoms with Gasteiger partial charge in [-0.05, 0) is 54.3 Å². The van der Waals surface area contributed by atoms with Crippen molar-refractivity contribution >= 4 is 43.6 Å². The summed E-state index contributed by atoms with van der Waals surface area (Å²) < 4.78 is 2.22. The van der Waals surface area contributed by atoms with E-state index in [1.807, 2.05) is 6.07 Å². The van der Waals surface area contributed by atoms with E-state index >= 15 is 0 Å². The van der Waals surface area contributed by atoms with Gasteiger partial charge >= 0.3 is 0 Å². The van der Waals surface area contributed by atoms with Gasteiger partial charge < -0.3 is 5.32 Å². The Morgan fingerprint density at radius 2 is 1.80 bits per heavy atom. The van der Waals surface area contributed by atoms with E-state index in [9.17, 15) is 0 Å². The lowest BCUT2D eigenvalue weighted by Gasteiger charge is -2.21. The van der Waals surface area contributed by atoms with E-state index < -0.39 is 0 Å². The molecular formula is C16H17Br2NS. The fourth-order valence-corrected chi connectivity index (χ4v) is 3.41. The summed E-state index contributed by atoms with van der Waals surface area (Å²) in [6.07, 6.45) is 2.10. The third-order valence-corrected chi connectivity index (χ3v) is 5.09. The predicted molar refractivity (Wildman–Crippen MR) is 95.6 cm³/mol. The molecule has 20 heavy (non-hydrogen) atoms. The molecule has 1 N–H and O–H groups in total. The van der Waals surface area contributed by atoms with Crippen LogP contribution < -0.4 is 5.32 Å². The van der Waals surface area contributed by atoms with E-state index in [-0.39, 0.29) is 6.04 Å². The summed E-state index contributed by atoms with van der Waals surface area (Å²) >= 11 is 8.99. The molecule has 0 saturated heterocycles. The standard InChI is InChI=1S/C16H17Br2NS/c1-3-19-16(11-4-7-13(20-2)8-5-11)14-10-12(17)6-9-15(14)18/h4-10,16,19H,3H2,1-2H3. The average molecular weight is 415 g/mol. The number of nitrogens with one attached hydrogen (secondary N) is 1. The molecule has 106 valence electrons. The van der Waals surface area contributed by atoms with Crippen molar-refractivity contribution in [3.8, 4) is 0 Å². The van der Waals surface area contributed by atoms with Crippen molar-refractivity contribution in [1.29, 1.82) is 0 Å². The first-order valence-electron chi connectivity index (χ1n) is 6.48. The maximum absolute atomic E-state index is 3.66. The Hall–Kier alpha value is -0.290. The van der Waals surface area contributed by atoms with E-state index in [0.717, 1.165) is 15.5 Å². The van der Waals surface area contributed by atoms with Crippen LogP contribution in [-0.4, -0.2) is 12.8 Å². The lowest BCUT2D eigenvalue weighted by Crippen LogP contribution is -2.22. The van der Waals surface area contributed by atoms with Gasteiger partial charge in [-0.15, -0.1) is 11.8 Å². The molecule has 0 saturated carbocycles. The van der Waals surface area contributed by atoms with Crippen molar-refractivity contribution in [3.05, 3.63) is 62.5 Å². The van der Waals surface area contributed by atoms with Gasteiger partial charge in [0.25, 0.3) is 0 Å². The molecule has 0 spiro atoms. The van der Waals surface area contributed by atoms with Crippen molar-refractivity contribution in [2.45, 2.75) is 17.9 Å². The molecule has 2 aromatic carbocycles. The molecule has 2 rings (SSSR count). The molecule has 1 unspecified atom stereocenters. The summed E-state index contributed by atoms with van der Waals surface area (Å²) in [5.74, 6) is 0. The Balaban J connectivity index is 2.41. The highest BCUT2D eigenvalue weighted by Gasteiger charge is 2.16. The summed E-state index contributed by atoms with van der Waals surface area (Å²) in [5, 5.41) is 3.56. The smallest absolute Gasteiger partial charge is 0.0588 e. The summed E-state index contributed by atoms with van der Waals surface area (Å²) in [6.45, 7) is 3.06. The number of hydrogen-bond donors (Lipinski definition) is 1. The van der Waals surface area contributed by atoms with Crippen LogP contribution >= 0.6 is 43.6 Å². The van der Waals surface area contributed by atoms with Crippen LogP contribution in [0.15, 0.2) is 56.3 Å². The number of benzene rings is 2. The van der Waals surface area contributed by atoms with Crippen molar-refractivity contribution in [2.75, 3.05) is 12.8 Å². The molecule has 0 aliphatic rings. The number of thioether (sulfide) groups is 1. The lowest BCUT2D eigenvalue weighted by molar-refractivity contribution is 0.628. The van der Waals surface area contributed by atoms with Crippen LogP contribution in [0.3, 0.4) is 0 Å². The Morgan fingerprint density at radius 3 is 2.40 bits per heavy atom.